The van der Waals surface area contributed by atoms with Crippen molar-refractivity contribution in [2.75, 3.05) is 25.9 Å². The van der Waals surface area contributed by atoms with Gasteiger partial charge in [-0.05, 0) is 18.6 Å². The predicted molar refractivity (Wildman–Crippen MR) is 79.4 cm³/mol. The molecule has 1 aromatic carbocycles. The lowest BCUT2D eigenvalue weighted by molar-refractivity contribution is 0.296. The monoisotopic (exact) mass is 310 g/mol. The first-order chi connectivity index (χ1) is 10.0. The molecule has 0 amide bonds. The predicted octanol–water partition coefficient (Wildman–Crippen LogP) is 1.08. The number of para-hydroxylation sites is 1. The molecule has 2 rings (SSSR count). The lowest BCUT2D eigenvalue weighted by Crippen LogP contribution is -2.29. The number of nitrogens with one attached hydrogen (secondary N) is 1. The second kappa shape index (κ2) is 6.59. The molecule has 0 spiro atoms. The van der Waals surface area contributed by atoms with Crippen LogP contribution in [-0.4, -0.2) is 43.1 Å². The Morgan fingerprint density at radius 2 is 2.05 bits per heavy atom. The lowest BCUT2D eigenvalue weighted by Gasteiger charge is -2.16. The van der Waals surface area contributed by atoms with E-state index in [9.17, 15) is 8.42 Å². The third-order valence-corrected chi connectivity index (χ3v) is 4.83. The standard InChI is InChI=1S/C13H18N4O3S/c1-17(21(18,19)12-10-15-16-13(12)14)8-5-9-20-11-6-3-2-4-7-11/h2-4,6-7,10H,5,8-9H2,1H3,(H3,14,15,16). The summed E-state index contributed by atoms with van der Waals surface area (Å²) in [6, 6.07) is 9.38. The van der Waals surface area contributed by atoms with E-state index in [1.54, 1.807) is 0 Å². The fraction of sp³-hybridized carbons (Fsp3) is 0.308. The molecular weight excluding hydrogens is 292 g/mol. The fourth-order valence-electron chi connectivity index (χ4n) is 1.77. The van der Waals surface area contributed by atoms with E-state index in [-0.39, 0.29) is 10.7 Å². The van der Waals surface area contributed by atoms with E-state index in [1.807, 2.05) is 30.3 Å². The number of nitrogens with zero attached hydrogens (tertiary/aromatic N) is 2. The molecule has 0 bridgehead atoms. The number of benzene rings is 1. The summed E-state index contributed by atoms with van der Waals surface area (Å²) < 4.78 is 31.2. The minimum Gasteiger partial charge on any atom is -0.494 e. The molecule has 1 aromatic heterocycles. The summed E-state index contributed by atoms with van der Waals surface area (Å²) in [6.07, 6.45) is 1.78. The molecule has 0 saturated heterocycles. The minimum atomic E-state index is -3.61. The summed E-state index contributed by atoms with van der Waals surface area (Å²) in [5, 5.41) is 6.04. The van der Waals surface area contributed by atoms with Crippen LogP contribution in [-0.2, 0) is 10.0 Å². The number of nitrogens with two attached hydrogens (primary N) is 1. The van der Waals surface area contributed by atoms with Gasteiger partial charge in [-0.3, -0.25) is 5.10 Å². The molecule has 0 aliphatic heterocycles. The van der Waals surface area contributed by atoms with E-state index in [1.165, 1.54) is 17.5 Å². The van der Waals surface area contributed by atoms with Gasteiger partial charge in [0.25, 0.3) is 0 Å². The summed E-state index contributed by atoms with van der Waals surface area (Å²) >= 11 is 0. The molecule has 8 heteroatoms. The Kier molecular flexibility index (Phi) is 4.81. The summed E-state index contributed by atoms with van der Waals surface area (Å²) in [5.74, 6) is 0.810. The van der Waals surface area contributed by atoms with Crippen LogP contribution in [0.15, 0.2) is 41.4 Å². The van der Waals surface area contributed by atoms with Crippen molar-refractivity contribution < 1.29 is 13.2 Å². The molecule has 3 N–H and O–H groups in total. The largest absolute Gasteiger partial charge is 0.494 e. The van der Waals surface area contributed by atoms with Crippen molar-refractivity contribution in [2.24, 2.45) is 0 Å². The number of nitrogen functional groups attached to an aromatic ring is 1. The van der Waals surface area contributed by atoms with E-state index in [0.29, 0.717) is 19.6 Å². The molecule has 7 nitrogen and oxygen atoms in total. The number of rotatable bonds is 7. The Hall–Kier alpha value is -2.06. The van der Waals surface area contributed by atoms with Gasteiger partial charge in [-0.15, -0.1) is 0 Å². The minimum absolute atomic E-state index is 0.00558. The molecule has 0 radical (unpaired) electrons. The van der Waals surface area contributed by atoms with Gasteiger partial charge in [-0.25, -0.2) is 12.7 Å². The van der Waals surface area contributed by atoms with Crippen molar-refractivity contribution in [2.45, 2.75) is 11.3 Å². The number of aromatic nitrogens is 2. The lowest BCUT2D eigenvalue weighted by atomic mass is 10.3. The number of H-pyrrole nitrogens is 1. The number of aromatic amines is 1. The summed E-state index contributed by atoms with van der Waals surface area (Å²) in [7, 11) is -2.11. The average molecular weight is 310 g/mol. The highest BCUT2D eigenvalue weighted by Gasteiger charge is 2.24. The van der Waals surface area contributed by atoms with Crippen molar-refractivity contribution in [3.05, 3.63) is 36.5 Å². The van der Waals surface area contributed by atoms with Crippen LogP contribution in [0.4, 0.5) is 5.82 Å². The molecule has 114 valence electrons. The molecule has 0 atom stereocenters. The Morgan fingerprint density at radius 1 is 1.33 bits per heavy atom. The Labute approximate surface area is 123 Å². The number of hydrogen-bond acceptors (Lipinski definition) is 5. The Bertz CT molecular complexity index is 670. The van der Waals surface area contributed by atoms with Gasteiger partial charge < -0.3 is 10.5 Å². The van der Waals surface area contributed by atoms with Gasteiger partial charge in [0.15, 0.2) is 0 Å². The van der Waals surface area contributed by atoms with Crippen molar-refractivity contribution >= 4 is 15.8 Å². The van der Waals surface area contributed by atoms with Crippen molar-refractivity contribution in [1.29, 1.82) is 0 Å². The van der Waals surface area contributed by atoms with Crippen LogP contribution in [0.25, 0.3) is 0 Å². The van der Waals surface area contributed by atoms with Crippen molar-refractivity contribution in [3.8, 4) is 5.75 Å². The smallest absolute Gasteiger partial charge is 0.248 e. The van der Waals surface area contributed by atoms with Gasteiger partial charge in [0.2, 0.25) is 10.0 Å². The Morgan fingerprint density at radius 3 is 2.67 bits per heavy atom. The number of hydrogen-bond donors (Lipinski definition) is 2. The zero-order chi connectivity index (χ0) is 15.3. The number of sulfonamides is 1. The third kappa shape index (κ3) is 3.73. The Balaban J connectivity index is 1.85. The van der Waals surface area contributed by atoms with Gasteiger partial charge in [0, 0.05) is 13.6 Å². The van der Waals surface area contributed by atoms with Crippen LogP contribution in [0, 0.1) is 0 Å². The van der Waals surface area contributed by atoms with Gasteiger partial charge >= 0.3 is 0 Å². The van der Waals surface area contributed by atoms with Gasteiger partial charge in [0.1, 0.15) is 16.5 Å². The van der Waals surface area contributed by atoms with Gasteiger partial charge in [-0.1, -0.05) is 18.2 Å². The first kappa shape index (κ1) is 15.3. The van der Waals surface area contributed by atoms with Crippen LogP contribution < -0.4 is 10.5 Å². The first-order valence-corrected chi connectivity index (χ1v) is 7.89. The zero-order valence-electron chi connectivity index (χ0n) is 11.7. The molecule has 0 saturated carbocycles. The molecule has 21 heavy (non-hydrogen) atoms. The van der Waals surface area contributed by atoms with E-state index in [0.717, 1.165) is 5.75 Å². The maximum absolute atomic E-state index is 12.2. The third-order valence-electron chi connectivity index (χ3n) is 2.95. The molecule has 1 heterocycles. The van der Waals surface area contributed by atoms with Crippen LogP contribution in [0.2, 0.25) is 0 Å². The van der Waals surface area contributed by atoms with Crippen LogP contribution in [0.3, 0.4) is 0 Å². The van der Waals surface area contributed by atoms with Gasteiger partial charge in [0.05, 0.1) is 12.8 Å². The van der Waals surface area contributed by atoms with E-state index in [4.69, 9.17) is 10.5 Å². The van der Waals surface area contributed by atoms with Gasteiger partial charge in [-0.2, -0.15) is 5.10 Å². The topological polar surface area (TPSA) is 101 Å². The maximum Gasteiger partial charge on any atom is 0.248 e. The summed E-state index contributed by atoms with van der Waals surface area (Å²) in [4.78, 5) is -0.00558. The SMILES string of the molecule is CN(CCCOc1ccccc1)S(=O)(=O)c1cn[nH]c1N. The number of ether oxygens (including phenoxy) is 1. The van der Waals surface area contributed by atoms with Crippen LogP contribution in [0.1, 0.15) is 6.42 Å². The van der Waals surface area contributed by atoms with E-state index < -0.39 is 10.0 Å². The molecule has 0 unspecified atom stereocenters. The molecule has 0 aliphatic rings. The fourth-order valence-corrected chi connectivity index (χ4v) is 2.99. The summed E-state index contributed by atoms with van der Waals surface area (Å²) in [6.45, 7) is 0.768. The van der Waals surface area contributed by atoms with Crippen LogP contribution >= 0.6 is 0 Å². The zero-order valence-corrected chi connectivity index (χ0v) is 12.5. The van der Waals surface area contributed by atoms with Crippen molar-refractivity contribution in [1.82, 2.24) is 14.5 Å². The average Bonchev–Trinajstić information content (AvgIpc) is 2.91. The first-order valence-electron chi connectivity index (χ1n) is 6.45. The molecule has 0 aliphatic carbocycles. The summed E-state index contributed by atoms with van der Waals surface area (Å²) in [5.41, 5.74) is 5.55. The molecule has 2 aromatic rings. The highest BCUT2D eigenvalue weighted by molar-refractivity contribution is 7.89. The highest BCUT2D eigenvalue weighted by atomic mass is 32.2. The molecule has 0 fully saturated rings. The van der Waals surface area contributed by atoms with E-state index in [2.05, 4.69) is 10.2 Å². The quantitative estimate of drug-likeness (QED) is 0.745. The second-order valence-electron chi connectivity index (χ2n) is 4.49. The highest BCUT2D eigenvalue weighted by Crippen LogP contribution is 2.18. The normalized spacial score (nSPS) is 11.7. The second-order valence-corrected chi connectivity index (χ2v) is 6.50. The van der Waals surface area contributed by atoms with Crippen molar-refractivity contribution in [3.63, 3.8) is 0 Å². The molecular formula is C13H18N4O3S. The maximum atomic E-state index is 12.2. The number of anilines is 1. The van der Waals surface area contributed by atoms with E-state index >= 15 is 0 Å². The van der Waals surface area contributed by atoms with Crippen LogP contribution in [0.5, 0.6) is 5.75 Å².